The van der Waals surface area contributed by atoms with Gasteiger partial charge in [-0.25, -0.2) is 0 Å². The molecule has 0 fully saturated rings. The molecular weight excluding hydrogens is 241 g/mol. The van der Waals surface area contributed by atoms with E-state index in [-0.39, 0.29) is 0 Å². The van der Waals surface area contributed by atoms with Crippen LogP contribution in [0.4, 0.5) is 18.9 Å². The zero-order valence-corrected chi connectivity index (χ0v) is 8.32. The van der Waals surface area contributed by atoms with E-state index in [4.69, 9.17) is 0 Å². The molecule has 0 unspecified atom stereocenters. The Kier molecular flexibility index (Phi) is 3.66. The lowest BCUT2D eigenvalue weighted by Crippen LogP contribution is -2.34. The van der Waals surface area contributed by atoms with Gasteiger partial charge in [-0.05, 0) is 6.07 Å². The molecule has 0 heterocycles. The third-order valence-corrected chi connectivity index (χ3v) is 1.79. The molecule has 1 N–H and O–H groups in total. The van der Waals surface area contributed by atoms with Gasteiger partial charge in [-0.1, -0.05) is 12.1 Å². The van der Waals surface area contributed by atoms with Crippen LogP contribution in [-0.4, -0.2) is 23.6 Å². The molecule has 0 bridgehead atoms. The van der Waals surface area contributed by atoms with Gasteiger partial charge < -0.3 is 5.32 Å². The number of nitrogens with one attached hydrogen (secondary N) is 1. The topological polar surface area (TPSA) is 72.2 Å². The molecule has 1 aromatic rings. The van der Waals surface area contributed by atoms with Gasteiger partial charge in [0.1, 0.15) is 12.1 Å². The Morgan fingerprint density at radius 3 is 2.47 bits per heavy atom. The van der Waals surface area contributed by atoms with Gasteiger partial charge in [-0.2, -0.15) is 13.2 Å². The quantitative estimate of drug-likeness (QED) is 0.655. The van der Waals surface area contributed by atoms with Gasteiger partial charge in [0.15, 0.2) is 0 Å². The summed E-state index contributed by atoms with van der Waals surface area (Å²) in [6.07, 6.45) is -4.56. The molecule has 8 heteroatoms. The highest BCUT2D eigenvalue weighted by molar-refractivity contribution is 5.98. The van der Waals surface area contributed by atoms with Crippen LogP contribution in [0.5, 0.6) is 0 Å². The van der Waals surface area contributed by atoms with E-state index in [2.05, 4.69) is 0 Å². The number of hydrogen-bond donors (Lipinski definition) is 1. The predicted molar refractivity (Wildman–Crippen MR) is 51.5 cm³/mol. The van der Waals surface area contributed by atoms with Crippen molar-refractivity contribution in [2.24, 2.45) is 0 Å². The molecule has 17 heavy (non-hydrogen) atoms. The average molecular weight is 248 g/mol. The minimum atomic E-state index is -4.56. The maximum absolute atomic E-state index is 11.8. The van der Waals surface area contributed by atoms with Crippen LogP contribution in [0, 0.1) is 10.1 Å². The molecular formula is C9H7F3N2O3. The van der Waals surface area contributed by atoms with Crippen molar-refractivity contribution in [1.82, 2.24) is 5.32 Å². The van der Waals surface area contributed by atoms with Crippen LogP contribution in [0.2, 0.25) is 0 Å². The smallest absolute Gasteiger partial charge is 0.343 e. The number of rotatable bonds is 3. The summed E-state index contributed by atoms with van der Waals surface area (Å²) in [7, 11) is 0. The number of nitro groups is 1. The highest BCUT2D eigenvalue weighted by Crippen LogP contribution is 2.18. The lowest BCUT2D eigenvalue weighted by atomic mass is 10.1. The second-order valence-corrected chi connectivity index (χ2v) is 3.07. The van der Waals surface area contributed by atoms with Crippen LogP contribution in [0.1, 0.15) is 10.4 Å². The number of para-hydroxylation sites is 1. The number of hydrogen-bond acceptors (Lipinski definition) is 3. The molecule has 0 aliphatic rings. The van der Waals surface area contributed by atoms with Crippen molar-refractivity contribution in [1.29, 1.82) is 0 Å². The standard InChI is InChI=1S/C9H7F3N2O3/c10-9(11,12)5-13-8(15)6-3-1-2-4-7(6)14(16)17/h1-4H,5H2,(H,13,15). The molecule has 92 valence electrons. The number of amides is 1. The Morgan fingerprint density at radius 1 is 1.35 bits per heavy atom. The molecule has 0 spiro atoms. The number of alkyl halides is 3. The number of carbonyl (C=O) groups excluding carboxylic acids is 1. The van der Waals surface area contributed by atoms with E-state index in [1.165, 1.54) is 12.1 Å². The molecule has 0 aliphatic heterocycles. The monoisotopic (exact) mass is 248 g/mol. The Morgan fingerprint density at radius 2 is 1.94 bits per heavy atom. The SMILES string of the molecule is O=C(NCC(F)(F)F)c1ccccc1[N+](=O)[O-]. The van der Waals surface area contributed by atoms with Crippen molar-refractivity contribution in [2.45, 2.75) is 6.18 Å². The summed E-state index contributed by atoms with van der Waals surface area (Å²) in [5.74, 6) is -1.13. The molecule has 0 saturated heterocycles. The van der Waals surface area contributed by atoms with Crippen LogP contribution in [0.15, 0.2) is 24.3 Å². The molecule has 1 aromatic carbocycles. The number of nitrogens with zero attached hydrogens (tertiary/aromatic N) is 1. The Hall–Kier alpha value is -2.12. The highest BCUT2D eigenvalue weighted by atomic mass is 19.4. The molecule has 5 nitrogen and oxygen atoms in total. The summed E-state index contributed by atoms with van der Waals surface area (Å²) < 4.78 is 35.5. The number of nitro benzene ring substituents is 1. The minimum Gasteiger partial charge on any atom is -0.343 e. The zero-order valence-electron chi connectivity index (χ0n) is 8.32. The van der Waals surface area contributed by atoms with Crippen molar-refractivity contribution in [3.05, 3.63) is 39.9 Å². The van der Waals surface area contributed by atoms with E-state index >= 15 is 0 Å². The van der Waals surface area contributed by atoms with E-state index in [9.17, 15) is 28.1 Å². The largest absolute Gasteiger partial charge is 0.405 e. The second-order valence-electron chi connectivity index (χ2n) is 3.07. The fraction of sp³-hybridized carbons (Fsp3) is 0.222. The summed E-state index contributed by atoms with van der Waals surface area (Å²) in [5, 5.41) is 12.1. The number of halogens is 3. The Balaban J connectivity index is 2.86. The molecule has 1 amide bonds. The predicted octanol–water partition coefficient (Wildman–Crippen LogP) is 1.89. The first-order chi connectivity index (χ1) is 7.81. The van der Waals surface area contributed by atoms with E-state index in [1.54, 1.807) is 5.32 Å². The number of carbonyl (C=O) groups is 1. The maximum atomic E-state index is 11.8. The zero-order chi connectivity index (χ0) is 13.1. The van der Waals surface area contributed by atoms with Gasteiger partial charge in [0.2, 0.25) is 0 Å². The number of benzene rings is 1. The summed E-state index contributed by atoms with van der Waals surface area (Å²) >= 11 is 0. The first-order valence-corrected chi connectivity index (χ1v) is 4.39. The first kappa shape index (κ1) is 12.9. The van der Waals surface area contributed by atoms with Gasteiger partial charge in [0.05, 0.1) is 4.92 Å². The van der Waals surface area contributed by atoms with Crippen molar-refractivity contribution < 1.29 is 22.9 Å². The van der Waals surface area contributed by atoms with E-state index < -0.39 is 34.8 Å². The maximum Gasteiger partial charge on any atom is 0.405 e. The van der Waals surface area contributed by atoms with Gasteiger partial charge >= 0.3 is 6.18 Å². The summed E-state index contributed by atoms with van der Waals surface area (Å²) in [6.45, 7) is -1.53. The van der Waals surface area contributed by atoms with Crippen LogP contribution in [-0.2, 0) is 0 Å². The van der Waals surface area contributed by atoms with E-state index in [0.717, 1.165) is 12.1 Å². The van der Waals surface area contributed by atoms with Gasteiger partial charge in [-0.3, -0.25) is 14.9 Å². The minimum absolute atomic E-state index is 0.401. The third-order valence-electron chi connectivity index (χ3n) is 1.79. The van der Waals surface area contributed by atoms with Crippen molar-refractivity contribution in [3.8, 4) is 0 Å². The fourth-order valence-electron chi connectivity index (χ4n) is 1.10. The third kappa shape index (κ3) is 3.74. The Labute approximate surface area is 93.4 Å². The van der Waals surface area contributed by atoms with Crippen LogP contribution >= 0.6 is 0 Å². The summed E-state index contributed by atoms with van der Waals surface area (Å²) in [6, 6.07) is 4.78. The molecule has 0 atom stereocenters. The fourth-order valence-corrected chi connectivity index (χ4v) is 1.10. The van der Waals surface area contributed by atoms with Crippen molar-refractivity contribution in [2.75, 3.05) is 6.54 Å². The first-order valence-electron chi connectivity index (χ1n) is 4.39. The normalized spacial score (nSPS) is 11.0. The summed E-state index contributed by atoms with van der Waals surface area (Å²) in [5.41, 5.74) is -0.936. The Bertz CT molecular complexity index is 445. The van der Waals surface area contributed by atoms with Gasteiger partial charge in [0, 0.05) is 6.07 Å². The van der Waals surface area contributed by atoms with Gasteiger partial charge in [-0.15, -0.1) is 0 Å². The molecule has 0 aliphatic carbocycles. The van der Waals surface area contributed by atoms with Crippen LogP contribution in [0.25, 0.3) is 0 Å². The van der Waals surface area contributed by atoms with Crippen LogP contribution < -0.4 is 5.32 Å². The van der Waals surface area contributed by atoms with Crippen molar-refractivity contribution in [3.63, 3.8) is 0 Å². The highest BCUT2D eigenvalue weighted by Gasteiger charge is 2.29. The van der Waals surface area contributed by atoms with E-state index in [1.807, 2.05) is 0 Å². The lowest BCUT2D eigenvalue weighted by molar-refractivity contribution is -0.385. The second kappa shape index (κ2) is 4.81. The summed E-state index contributed by atoms with van der Waals surface area (Å²) in [4.78, 5) is 21.0. The molecule has 0 saturated carbocycles. The van der Waals surface area contributed by atoms with Gasteiger partial charge in [0.25, 0.3) is 11.6 Å². The molecule has 0 radical (unpaired) electrons. The average Bonchev–Trinajstić information content (AvgIpc) is 2.25. The van der Waals surface area contributed by atoms with Crippen LogP contribution in [0.3, 0.4) is 0 Å². The van der Waals surface area contributed by atoms with E-state index in [0.29, 0.717) is 0 Å². The van der Waals surface area contributed by atoms with Crippen molar-refractivity contribution >= 4 is 11.6 Å². The molecule has 0 aromatic heterocycles. The molecule has 1 rings (SSSR count). The lowest BCUT2D eigenvalue weighted by Gasteiger charge is -2.08.